The third kappa shape index (κ3) is 2.94. The highest BCUT2D eigenvalue weighted by atomic mass is 32.1. The molecule has 0 bridgehead atoms. The number of aromatic nitrogens is 1. The Morgan fingerprint density at radius 3 is 2.82 bits per heavy atom. The molecule has 2 aromatic carbocycles. The standard InChI is InChI=1S/C17H16N2O2S/c1-19(17-18-14-8-3-4-9-15(14)22-17)16(20)11-12-6-5-7-13(10-12)21-2/h3-10H,11H2,1-2H3. The summed E-state index contributed by atoms with van der Waals surface area (Å²) in [5.74, 6) is 0.764. The van der Waals surface area contributed by atoms with Gasteiger partial charge < -0.3 is 4.74 Å². The van der Waals surface area contributed by atoms with E-state index >= 15 is 0 Å². The molecule has 0 saturated heterocycles. The van der Waals surface area contributed by atoms with Crippen LogP contribution in [0.3, 0.4) is 0 Å². The molecule has 5 heteroatoms. The number of anilines is 1. The maximum atomic E-state index is 12.4. The van der Waals surface area contributed by atoms with Crippen molar-refractivity contribution < 1.29 is 9.53 Å². The number of benzene rings is 2. The lowest BCUT2D eigenvalue weighted by Gasteiger charge is -2.13. The molecule has 0 unspecified atom stereocenters. The minimum atomic E-state index is 0.00677. The topological polar surface area (TPSA) is 42.4 Å². The van der Waals surface area contributed by atoms with Gasteiger partial charge in [-0.25, -0.2) is 4.98 Å². The molecule has 3 aromatic rings. The number of likely N-dealkylation sites (N-methyl/N-ethyl adjacent to an activating group) is 1. The van der Waals surface area contributed by atoms with E-state index < -0.39 is 0 Å². The molecule has 0 saturated carbocycles. The fraction of sp³-hybridized carbons (Fsp3) is 0.176. The average molecular weight is 312 g/mol. The van der Waals surface area contributed by atoms with Gasteiger partial charge in [0.15, 0.2) is 5.13 Å². The number of carbonyl (C=O) groups is 1. The third-order valence-electron chi connectivity index (χ3n) is 3.43. The minimum Gasteiger partial charge on any atom is -0.497 e. The second kappa shape index (κ2) is 6.15. The van der Waals surface area contributed by atoms with Crippen molar-refractivity contribution in [2.24, 2.45) is 0 Å². The molecule has 4 nitrogen and oxygen atoms in total. The molecule has 112 valence electrons. The van der Waals surface area contributed by atoms with Crippen LogP contribution in [0.4, 0.5) is 5.13 Å². The van der Waals surface area contributed by atoms with Gasteiger partial charge in [0.1, 0.15) is 5.75 Å². The van der Waals surface area contributed by atoms with E-state index in [-0.39, 0.29) is 5.91 Å². The van der Waals surface area contributed by atoms with E-state index in [1.54, 1.807) is 19.1 Å². The number of ether oxygens (including phenoxy) is 1. The maximum Gasteiger partial charge on any atom is 0.232 e. The Hall–Kier alpha value is -2.40. The van der Waals surface area contributed by atoms with Crippen LogP contribution in [0.15, 0.2) is 48.5 Å². The first-order chi connectivity index (χ1) is 10.7. The first-order valence-corrected chi connectivity index (χ1v) is 7.74. The van der Waals surface area contributed by atoms with Crippen molar-refractivity contribution in [1.82, 2.24) is 4.98 Å². The number of amides is 1. The van der Waals surface area contributed by atoms with Crippen LogP contribution in [0, 0.1) is 0 Å². The molecule has 0 N–H and O–H groups in total. The van der Waals surface area contributed by atoms with E-state index in [0.717, 1.165) is 21.5 Å². The van der Waals surface area contributed by atoms with Gasteiger partial charge in [-0.1, -0.05) is 35.6 Å². The van der Waals surface area contributed by atoms with Gasteiger partial charge in [-0.05, 0) is 29.8 Å². The number of rotatable bonds is 4. The van der Waals surface area contributed by atoms with Crippen LogP contribution in [-0.2, 0) is 11.2 Å². The second-order valence-electron chi connectivity index (χ2n) is 4.95. The number of hydrogen-bond donors (Lipinski definition) is 0. The zero-order valence-electron chi connectivity index (χ0n) is 12.4. The summed E-state index contributed by atoms with van der Waals surface area (Å²) in [6.45, 7) is 0. The van der Waals surface area contributed by atoms with E-state index in [1.165, 1.54) is 11.3 Å². The van der Waals surface area contributed by atoms with E-state index in [1.807, 2.05) is 48.5 Å². The van der Waals surface area contributed by atoms with Gasteiger partial charge in [-0.15, -0.1) is 0 Å². The first kappa shape index (κ1) is 14.5. The molecule has 1 amide bonds. The maximum absolute atomic E-state index is 12.4. The van der Waals surface area contributed by atoms with Crippen molar-refractivity contribution in [3.8, 4) is 5.75 Å². The lowest BCUT2D eigenvalue weighted by atomic mass is 10.1. The monoisotopic (exact) mass is 312 g/mol. The van der Waals surface area contributed by atoms with Crippen LogP contribution in [0.2, 0.25) is 0 Å². The van der Waals surface area contributed by atoms with Crippen LogP contribution < -0.4 is 9.64 Å². The van der Waals surface area contributed by atoms with Gasteiger partial charge in [0.2, 0.25) is 5.91 Å². The predicted octanol–water partition coefficient (Wildman–Crippen LogP) is 3.51. The summed E-state index contributed by atoms with van der Waals surface area (Å²) in [5, 5.41) is 0.717. The Balaban J connectivity index is 1.78. The average Bonchev–Trinajstić information content (AvgIpc) is 2.98. The number of nitrogens with zero attached hydrogens (tertiary/aromatic N) is 2. The number of fused-ring (bicyclic) bond motifs is 1. The highest BCUT2D eigenvalue weighted by Gasteiger charge is 2.15. The molecular formula is C17H16N2O2S. The van der Waals surface area contributed by atoms with Gasteiger partial charge in [0.05, 0.1) is 23.7 Å². The number of methoxy groups -OCH3 is 1. The molecular weight excluding hydrogens is 296 g/mol. The molecule has 1 aromatic heterocycles. The fourth-order valence-corrected chi connectivity index (χ4v) is 3.13. The highest BCUT2D eigenvalue weighted by molar-refractivity contribution is 7.22. The lowest BCUT2D eigenvalue weighted by Crippen LogP contribution is -2.27. The van der Waals surface area contributed by atoms with Crippen LogP contribution in [0.25, 0.3) is 10.2 Å². The summed E-state index contributed by atoms with van der Waals surface area (Å²) in [6, 6.07) is 15.4. The van der Waals surface area contributed by atoms with Crippen molar-refractivity contribution >= 4 is 32.6 Å². The smallest absolute Gasteiger partial charge is 0.232 e. The van der Waals surface area contributed by atoms with Gasteiger partial charge >= 0.3 is 0 Å². The van der Waals surface area contributed by atoms with Crippen molar-refractivity contribution in [3.05, 3.63) is 54.1 Å². The second-order valence-corrected chi connectivity index (χ2v) is 5.95. The summed E-state index contributed by atoms with van der Waals surface area (Å²) < 4.78 is 6.27. The molecule has 0 aliphatic rings. The summed E-state index contributed by atoms with van der Waals surface area (Å²) in [5.41, 5.74) is 1.85. The van der Waals surface area contributed by atoms with Gasteiger partial charge in [-0.3, -0.25) is 9.69 Å². The van der Waals surface area contributed by atoms with Crippen LogP contribution in [-0.4, -0.2) is 25.0 Å². The summed E-state index contributed by atoms with van der Waals surface area (Å²) in [4.78, 5) is 18.6. The van der Waals surface area contributed by atoms with Crippen molar-refractivity contribution in [1.29, 1.82) is 0 Å². The number of carbonyl (C=O) groups excluding carboxylic acids is 1. The van der Waals surface area contributed by atoms with Crippen LogP contribution in [0.5, 0.6) is 5.75 Å². The summed E-state index contributed by atoms with van der Waals surface area (Å²) in [6.07, 6.45) is 0.323. The Bertz CT molecular complexity index is 780. The summed E-state index contributed by atoms with van der Waals surface area (Å²) >= 11 is 1.52. The molecule has 3 rings (SSSR count). The molecule has 0 fully saturated rings. The fourth-order valence-electron chi connectivity index (χ4n) is 2.19. The number of para-hydroxylation sites is 1. The highest BCUT2D eigenvalue weighted by Crippen LogP contribution is 2.28. The molecule has 0 aliphatic heterocycles. The quantitative estimate of drug-likeness (QED) is 0.740. The van der Waals surface area contributed by atoms with Crippen LogP contribution >= 0.6 is 11.3 Å². The number of hydrogen-bond acceptors (Lipinski definition) is 4. The molecule has 1 heterocycles. The normalized spacial score (nSPS) is 10.6. The molecule has 0 spiro atoms. The van der Waals surface area contributed by atoms with Crippen LogP contribution in [0.1, 0.15) is 5.56 Å². The Morgan fingerprint density at radius 2 is 2.05 bits per heavy atom. The summed E-state index contributed by atoms with van der Waals surface area (Å²) in [7, 11) is 3.38. The zero-order chi connectivity index (χ0) is 15.5. The zero-order valence-corrected chi connectivity index (χ0v) is 13.3. The van der Waals surface area contributed by atoms with E-state index in [4.69, 9.17) is 4.74 Å². The van der Waals surface area contributed by atoms with E-state index in [0.29, 0.717) is 11.6 Å². The van der Waals surface area contributed by atoms with Gasteiger partial charge in [-0.2, -0.15) is 0 Å². The minimum absolute atomic E-state index is 0.00677. The van der Waals surface area contributed by atoms with E-state index in [9.17, 15) is 4.79 Å². The Morgan fingerprint density at radius 1 is 1.23 bits per heavy atom. The van der Waals surface area contributed by atoms with Crippen molar-refractivity contribution in [2.45, 2.75) is 6.42 Å². The first-order valence-electron chi connectivity index (χ1n) is 6.92. The van der Waals surface area contributed by atoms with Crippen molar-refractivity contribution in [2.75, 3.05) is 19.1 Å². The number of thiazole rings is 1. The lowest BCUT2D eigenvalue weighted by molar-refractivity contribution is -0.117. The van der Waals surface area contributed by atoms with Gasteiger partial charge in [0.25, 0.3) is 0 Å². The largest absolute Gasteiger partial charge is 0.497 e. The molecule has 0 aliphatic carbocycles. The SMILES string of the molecule is COc1cccc(CC(=O)N(C)c2nc3ccccc3s2)c1. The third-order valence-corrected chi connectivity index (χ3v) is 4.55. The van der Waals surface area contributed by atoms with Crippen molar-refractivity contribution in [3.63, 3.8) is 0 Å². The van der Waals surface area contributed by atoms with E-state index in [2.05, 4.69) is 4.98 Å². The Kier molecular flexibility index (Phi) is 4.06. The molecule has 0 radical (unpaired) electrons. The molecule has 22 heavy (non-hydrogen) atoms. The van der Waals surface area contributed by atoms with Gasteiger partial charge in [0, 0.05) is 7.05 Å². The molecule has 0 atom stereocenters. The predicted molar refractivity (Wildman–Crippen MR) is 89.7 cm³/mol. The Labute approximate surface area is 133 Å².